The maximum atomic E-state index is 12.4. The summed E-state index contributed by atoms with van der Waals surface area (Å²) in [4.78, 5) is 39.1. The van der Waals surface area contributed by atoms with E-state index < -0.39 is 16.7 Å². The van der Waals surface area contributed by atoms with Gasteiger partial charge in [-0.05, 0) is 49.9 Å². The fourth-order valence-corrected chi connectivity index (χ4v) is 4.28. The van der Waals surface area contributed by atoms with Crippen molar-refractivity contribution in [3.05, 3.63) is 55.3 Å². The molecule has 9 heteroatoms. The molecule has 148 valence electrons. The first-order valence-corrected chi connectivity index (χ1v) is 9.95. The van der Waals surface area contributed by atoms with Gasteiger partial charge in [0.15, 0.2) is 0 Å². The third-order valence-corrected chi connectivity index (χ3v) is 6.12. The van der Waals surface area contributed by atoms with Crippen molar-refractivity contribution in [3.8, 4) is 0 Å². The first-order valence-electron chi connectivity index (χ1n) is 9.14. The number of thiophene rings is 1. The van der Waals surface area contributed by atoms with Gasteiger partial charge in [-0.15, -0.1) is 11.3 Å². The van der Waals surface area contributed by atoms with Gasteiger partial charge in [-0.3, -0.25) is 30.6 Å². The van der Waals surface area contributed by atoms with Gasteiger partial charge in [0.2, 0.25) is 0 Å². The molecule has 1 saturated heterocycles. The van der Waals surface area contributed by atoms with Crippen LogP contribution in [0.4, 0.5) is 11.4 Å². The minimum Gasteiger partial charge on any atom is -0.366 e. The molecule has 0 spiro atoms. The number of hydrazine groups is 1. The second kappa shape index (κ2) is 8.39. The van der Waals surface area contributed by atoms with E-state index >= 15 is 0 Å². The van der Waals surface area contributed by atoms with Gasteiger partial charge < -0.3 is 4.90 Å². The number of hydrogen-bond donors (Lipinski definition) is 2. The zero-order valence-corrected chi connectivity index (χ0v) is 16.6. The zero-order chi connectivity index (χ0) is 20.3. The Morgan fingerprint density at radius 3 is 2.46 bits per heavy atom. The van der Waals surface area contributed by atoms with E-state index in [0.717, 1.165) is 42.8 Å². The quantitative estimate of drug-likeness (QED) is 0.590. The fraction of sp³-hybridized carbons (Fsp3) is 0.368. The zero-order valence-electron chi connectivity index (χ0n) is 15.8. The van der Waals surface area contributed by atoms with Gasteiger partial charge in [0, 0.05) is 29.6 Å². The Balaban J connectivity index is 1.70. The van der Waals surface area contributed by atoms with Crippen molar-refractivity contribution in [1.82, 2.24) is 10.9 Å². The predicted octanol–water partition coefficient (Wildman–Crippen LogP) is 3.20. The molecule has 1 aliphatic rings. The Morgan fingerprint density at radius 2 is 1.86 bits per heavy atom. The van der Waals surface area contributed by atoms with Crippen molar-refractivity contribution in [2.24, 2.45) is 0 Å². The number of nitrogens with zero attached hydrogens (tertiary/aromatic N) is 2. The average molecular weight is 402 g/mol. The number of carbonyl (C=O) groups is 2. The topological polar surface area (TPSA) is 105 Å². The molecule has 3 rings (SSSR count). The summed E-state index contributed by atoms with van der Waals surface area (Å²) in [5.74, 6) is -1.02. The molecular weight excluding hydrogens is 380 g/mol. The molecule has 2 N–H and O–H groups in total. The van der Waals surface area contributed by atoms with Crippen LogP contribution in [0.25, 0.3) is 0 Å². The number of rotatable bonds is 5. The van der Waals surface area contributed by atoms with E-state index in [9.17, 15) is 19.7 Å². The summed E-state index contributed by atoms with van der Waals surface area (Å²) in [5, 5.41) is 11.4. The van der Waals surface area contributed by atoms with Gasteiger partial charge in [-0.2, -0.15) is 0 Å². The van der Waals surface area contributed by atoms with Gasteiger partial charge in [0.05, 0.1) is 9.80 Å². The smallest absolute Gasteiger partial charge is 0.293 e. The van der Waals surface area contributed by atoms with Gasteiger partial charge >= 0.3 is 0 Å². The van der Waals surface area contributed by atoms with E-state index in [1.54, 1.807) is 12.1 Å². The molecule has 0 saturated carbocycles. The lowest BCUT2D eigenvalue weighted by atomic mass is 10.1. The number of nitrogens with one attached hydrogen (secondary N) is 2. The molecule has 1 aliphatic heterocycles. The van der Waals surface area contributed by atoms with E-state index in [0.29, 0.717) is 10.6 Å². The summed E-state index contributed by atoms with van der Waals surface area (Å²) in [6, 6.07) is 6.16. The standard InChI is InChI=1S/C19H22N4O4S/c1-3-16-12(2)10-17(28-16)19(25)21-20-18(24)13-6-7-14(15(11-13)23(26)27)22-8-4-5-9-22/h6-7,10-11H,3-5,8-9H2,1-2H3,(H,20,24)(H,21,25). The number of nitro benzene ring substituents is 1. The van der Waals surface area contributed by atoms with Crippen molar-refractivity contribution in [2.75, 3.05) is 18.0 Å². The highest BCUT2D eigenvalue weighted by molar-refractivity contribution is 7.14. The van der Waals surface area contributed by atoms with Crippen LogP contribution in [0.1, 0.15) is 50.2 Å². The highest BCUT2D eigenvalue weighted by atomic mass is 32.1. The molecule has 0 radical (unpaired) electrons. The molecule has 0 aliphatic carbocycles. The van der Waals surface area contributed by atoms with E-state index in [2.05, 4.69) is 10.9 Å². The van der Waals surface area contributed by atoms with Gasteiger partial charge in [0.25, 0.3) is 17.5 Å². The maximum Gasteiger partial charge on any atom is 0.293 e. The van der Waals surface area contributed by atoms with Crippen LogP contribution in [0.3, 0.4) is 0 Å². The van der Waals surface area contributed by atoms with Crippen LogP contribution in [0, 0.1) is 17.0 Å². The summed E-state index contributed by atoms with van der Waals surface area (Å²) in [5.41, 5.74) is 6.27. The first-order chi connectivity index (χ1) is 13.4. The summed E-state index contributed by atoms with van der Waals surface area (Å²) >= 11 is 1.38. The molecule has 8 nitrogen and oxygen atoms in total. The summed E-state index contributed by atoms with van der Waals surface area (Å²) < 4.78 is 0. The van der Waals surface area contributed by atoms with Gasteiger partial charge in [-0.1, -0.05) is 6.92 Å². The molecule has 2 aromatic rings. The predicted molar refractivity (Wildman–Crippen MR) is 108 cm³/mol. The second-order valence-corrected chi connectivity index (χ2v) is 7.77. The van der Waals surface area contributed by atoms with Crippen molar-refractivity contribution in [1.29, 1.82) is 0 Å². The minimum atomic E-state index is -0.603. The number of aryl methyl sites for hydroxylation is 2. The summed E-state index contributed by atoms with van der Waals surface area (Å²) in [6.45, 7) is 5.48. The molecule has 2 amide bonds. The van der Waals surface area contributed by atoms with Crippen LogP contribution in [0.2, 0.25) is 0 Å². The molecule has 1 aromatic heterocycles. The number of carbonyl (C=O) groups excluding carboxylic acids is 2. The number of nitro groups is 1. The molecule has 1 fully saturated rings. The van der Waals surface area contributed by atoms with Crippen LogP contribution >= 0.6 is 11.3 Å². The molecule has 1 aromatic carbocycles. The molecular formula is C19H22N4O4S. The van der Waals surface area contributed by atoms with Crippen molar-refractivity contribution in [2.45, 2.75) is 33.1 Å². The Labute approximate surface area is 166 Å². The molecule has 0 bridgehead atoms. The molecule has 0 unspecified atom stereocenters. The number of anilines is 1. The monoisotopic (exact) mass is 402 g/mol. The van der Waals surface area contributed by atoms with E-state index in [1.165, 1.54) is 23.5 Å². The van der Waals surface area contributed by atoms with Gasteiger partial charge in [0.1, 0.15) is 5.69 Å². The number of benzene rings is 1. The first kappa shape index (κ1) is 19.8. The molecule has 0 atom stereocenters. The third-order valence-electron chi connectivity index (χ3n) is 4.74. The average Bonchev–Trinajstić information content (AvgIpc) is 3.34. The third kappa shape index (κ3) is 4.14. The van der Waals surface area contributed by atoms with Crippen LogP contribution in [0.15, 0.2) is 24.3 Å². The Kier molecular flexibility index (Phi) is 5.93. The van der Waals surface area contributed by atoms with Crippen molar-refractivity contribution in [3.63, 3.8) is 0 Å². The highest BCUT2D eigenvalue weighted by Gasteiger charge is 2.24. The number of amides is 2. The Hall–Kier alpha value is -2.94. The highest BCUT2D eigenvalue weighted by Crippen LogP contribution is 2.31. The maximum absolute atomic E-state index is 12.4. The van der Waals surface area contributed by atoms with E-state index in [1.807, 2.05) is 18.7 Å². The summed E-state index contributed by atoms with van der Waals surface area (Å²) in [6.07, 6.45) is 2.82. The lowest BCUT2D eigenvalue weighted by molar-refractivity contribution is -0.384. The van der Waals surface area contributed by atoms with Gasteiger partial charge in [-0.25, -0.2) is 0 Å². The van der Waals surface area contributed by atoms with Crippen molar-refractivity contribution < 1.29 is 14.5 Å². The van der Waals surface area contributed by atoms with E-state index in [4.69, 9.17) is 0 Å². The minimum absolute atomic E-state index is 0.109. The molecule has 28 heavy (non-hydrogen) atoms. The second-order valence-electron chi connectivity index (χ2n) is 6.63. The normalized spacial score (nSPS) is 13.4. The van der Waals surface area contributed by atoms with Crippen LogP contribution < -0.4 is 15.8 Å². The van der Waals surface area contributed by atoms with Crippen LogP contribution in [0.5, 0.6) is 0 Å². The van der Waals surface area contributed by atoms with Crippen LogP contribution in [-0.2, 0) is 6.42 Å². The summed E-state index contributed by atoms with van der Waals surface area (Å²) in [7, 11) is 0. The Morgan fingerprint density at radius 1 is 1.18 bits per heavy atom. The lowest BCUT2D eigenvalue weighted by Crippen LogP contribution is -2.41. The fourth-order valence-electron chi connectivity index (χ4n) is 3.27. The van der Waals surface area contributed by atoms with Crippen molar-refractivity contribution >= 4 is 34.5 Å². The van der Waals surface area contributed by atoms with E-state index in [-0.39, 0.29) is 11.3 Å². The molecule has 2 heterocycles. The SMILES string of the molecule is CCc1sc(C(=O)NNC(=O)c2ccc(N3CCCC3)c([N+](=O)[O-])c2)cc1C. The number of hydrogen-bond acceptors (Lipinski definition) is 6. The largest absolute Gasteiger partial charge is 0.366 e. The van der Waals surface area contributed by atoms with Crippen LogP contribution in [-0.4, -0.2) is 29.8 Å². The Bertz CT molecular complexity index is 919. The lowest BCUT2D eigenvalue weighted by Gasteiger charge is -2.17.